The number of amides is 1. The third kappa shape index (κ3) is 4.41. The minimum Gasteiger partial charge on any atom is -0.369 e. The molecule has 0 N–H and O–H groups in total. The van der Waals surface area contributed by atoms with Gasteiger partial charge >= 0.3 is 0 Å². The van der Waals surface area contributed by atoms with Crippen LogP contribution in [0.25, 0.3) is 0 Å². The van der Waals surface area contributed by atoms with Crippen LogP contribution in [0.1, 0.15) is 28.8 Å². The van der Waals surface area contributed by atoms with E-state index in [1.165, 1.54) is 29.4 Å². The molecular formula is C23H27ClFN3O. The van der Waals surface area contributed by atoms with Crippen LogP contribution in [0.4, 0.5) is 10.1 Å². The van der Waals surface area contributed by atoms with E-state index >= 15 is 0 Å². The van der Waals surface area contributed by atoms with Crippen molar-refractivity contribution in [1.29, 1.82) is 0 Å². The first kappa shape index (κ1) is 20.2. The van der Waals surface area contributed by atoms with E-state index in [1.54, 1.807) is 0 Å². The number of rotatable bonds is 3. The Morgan fingerprint density at radius 1 is 1.07 bits per heavy atom. The molecule has 0 aromatic heterocycles. The summed E-state index contributed by atoms with van der Waals surface area (Å²) < 4.78 is 13.4. The molecule has 0 saturated carbocycles. The molecule has 154 valence electrons. The zero-order chi connectivity index (χ0) is 20.4. The van der Waals surface area contributed by atoms with E-state index in [0.29, 0.717) is 11.6 Å². The molecule has 2 saturated heterocycles. The number of piperazine rings is 1. The molecule has 2 aromatic rings. The van der Waals surface area contributed by atoms with Crippen LogP contribution < -0.4 is 4.90 Å². The van der Waals surface area contributed by atoms with Gasteiger partial charge in [-0.1, -0.05) is 29.8 Å². The van der Waals surface area contributed by atoms with Gasteiger partial charge in [0.1, 0.15) is 5.82 Å². The first-order valence-corrected chi connectivity index (χ1v) is 10.7. The van der Waals surface area contributed by atoms with Gasteiger partial charge in [0.15, 0.2) is 0 Å². The minimum atomic E-state index is -0.494. The van der Waals surface area contributed by atoms with E-state index in [0.717, 1.165) is 52.1 Å². The van der Waals surface area contributed by atoms with Gasteiger partial charge < -0.3 is 9.80 Å². The maximum atomic E-state index is 13.4. The van der Waals surface area contributed by atoms with Crippen molar-refractivity contribution in [2.45, 2.75) is 25.8 Å². The van der Waals surface area contributed by atoms with Crippen LogP contribution in [0.2, 0.25) is 5.02 Å². The molecule has 1 amide bonds. The van der Waals surface area contributed by atoms with Crippen molar-refractivity contribution in [3.05, 3.63) is 64.4 Å². The first-order valence-electron chi connectivity index (χ1n) is 10.3. The van der Waals surface area contributed by atoms with E-state index in [-0.39, 0.29) is 10.9 Å². The molecule has 2 aliphatic heterocycles. The summed E-state index contributed by atoms with van der Waals surface area (Å²) in [6.45, 7) is 7.64. The van der Waals surface area contributed by atoms with Crippen LogP contribution in [0.3, 0.4) is 0 Å². The van der Waals surface area contributed by atoms with E-state index in [4.69, 9.17) is 11.6 Å². The van der Waals surface area contributed by atoms with Gasteiger partial charge in [0.05, 0.1) is 5.02 Å². The summed E-state index contributed by atoms with van der Waals surface area (Å²) >= 11 is 5.86. The van der Waals surface area contributed by atoms with Crippen molar-refractivity contribution in [1.82, 2.24) is 9.80 Å². The molecular weight excluding hydrogens is 389 g/mol. The maximum absolute atomic E-state index is 13.4. The van der Waals surface area contributed by atoms with Gasteiger partial charge in [-0.05, 0) is 49.6 Å². The first-order chi connectivity index (χ1) is 14.0. The number of hydrogen-bond acceptors (Lipinski definition) is 3. The lowest BCUT2D eigenvalue weighted by Gasteiger charge is -2.44. The van der Waals surface area contributed by atoms with Crippen molar-refractivity contribution < 1.29 is 9.18 Å². The summed E-state index contributed by atoms with van der Waals surface area (Å²) in [6.07, 6.45) is 2.10. The molecule has 0 bridgehead atoms. The number of carbonyl (C=O) groups excluding carboxylic acids is 1. The molecule has 0 unspecified atom stereocenters. The van der Waals surface area contributed by atoms with E-state index in [1.807, 2.05) is 4.90 Å². The van der Waals surface area contributed by atoms with E-state index in [2.05, 4.69) is 41.0 Å². The van der Waals surface area contributed by atoms with Crippen molar-refractivity contribution in [3.63, 3.8) is 0 Å². The Labute approximate surface area is 176 Å². The fourth-order valence-corrected chi connectivity index (χ4v) is 4.68. The summed E-state index contributed by atoms with van der Waals surface area (Å²) in [7, 11) is 0. The van der Waals surface area contributed by atoms with E-state index < -0.39 is 5.82 Å². The third-order valence-corrected chi connectivity index (χ3v) is 6.43. The zero-order valence-corrected chi connectivity index (χ0v) is 17.5. The Kier molecular flexibility index (Phi) is 6.07. The van der Waals surface area contributed by atoms with Gasteiger partial charge in [0.25, 0.3) is 5.91 Å². The SMILES string of the molecule is Cc1ccccc1N1CCN([C@@H]2CCCN(C(=O)c3ccc(F)c(Cl)c3)C2)CC1. The van der Waals surface area contributed by atoms with Crippen molar-refractivity contribution in [3.8, 4) is 0 Å². The second kappa shape index (κ2) is 8.72. The minimum absolute atomic E-state index is 0.00302. The Balaban J connectivity index is 1.37. The number of para-hydroxylation sites is 1. The smallest absolute Gasteiger partial charge is 0.253 e. The highest BCUT2D eigenvalue weighted by molar-refractivity contribution is 6.31. The van der Waals surface area contributed by atoms with Crippen LogP contribution in [0.15, 0.2) is 42.5 Å². The Bertz CT molecular complexity index is 882. The molecule has 4 rings (SSSR count). The van der Waals surface area contributed by atoms with Gasteiger partial charge in [-0.15, -0.1) is 0 Å². The average molecular weight is 416 g/mol. The molecule has 2 aromatic carbocycles. The average Bonchev–Trinajstić information content (AvgIpc) is 2.76. The predicted molar refractivity (Wildman–Crippen MR) is 115 cm³/mol. The van der Waals surface area contributed by atoms with Gasteiger partial charge in [0.2, 0.25) is 0 Å². The Morgan fingerprint density at radius 3 is 2.55 bits per heavy atom. The zero-order valence-electron chi connectivity index (χ0n) is 16.8. The number of halogens is 2. The molecule has 4 nitrogen and oxygen atoms in total. The number of piperidine rings is 1. The van der Waals surface area contributed by atoms with E-state index in [9.17, 15) is 9.18 Å². The van der Waals surface area contributed by atoms with Crippen LogP contribution >= 0.6 is 11.6 Å². The summed E-state index contributed by atoms with van der Waals surface area (Å²) in [4.78, 5) is 19.8. The number of anilines is 1. The number of aryl methyl sites for hydroxylation is 1. The molecule has 2 fully saturated rings. The van der Waals surface area contributed by atoms with Gasteiger partial charge in [-0.2, -0.15) is 0 Å². The number of likely N-dealkylation sites (tertiary alicyclic amines) is 1. The number of hydrogen-bond donors (Lipinski definition) is 0. The number of carbonyl (C=O) groups is 1. The monoisotopic (exact) mass is 415 g/mol. The van der Waals surface area contributed by atoms with Crippen molar-refractivity contribution >= 4 is 23.2 Å². The lowest BCUT2D eigenvalue weighted by Crippen LogP contribution is -2.56. The molecule has 2 heterocycles. The van der Waals surface area contributed by atoms with Crippen LogP contribution in [-0.2, 0) is 0 Å². The van der Waals surface area contributed by atoms with Crippen molar-refractivity contribution in [2.75, 3.05) is 44.2 Å². The Hall–Kier alpha value is -2.11. The predicted octanol–water partition coefficient (Wildman–Crippen LogP) is 4.21. The molecule has 0 radical (unpaired) electrons. The second-order valence-corrected chi connectivity index (χ2v) is 8.39. The summed E-state index contributed by atoms with van der Waals surface area (Å²) in [5, 5.41) is -0.00302. The quantitative estimate of drug-likeness (QED) is 0.751. The lowest BCUT2D eigenvalue weighted by atomic mass is 10.0. The molecule has 2 aliphatic rings. The number of nitrogens with zero attached hydrogens (tertiary/aromatic N) is 3. The lowest BCUT2D eigenvalue weighted by molar-refractivity contribution is 0.0563. The highest BCUT2D eigenvalue weighted by atomic mass is 35.5. The maximum Gasteiger partial charge on any atom is 0.253 e. The Morgan fingerprint density at radius 2 is 1.83 bits per heavy atom. The van der Waals surface area contributed by atoms with Crippen molar-refractivity contribution in [2.24, 2.45) is 0 Å². The largest absolute Gasteiger partial charge is 0.369 e. The summed E-state index contributed by atoms with van der Waals surface area (Å²) in [6, 6.07) is 13.1. The summed E-state index contributed by atoms with van der Waals surface area (Å²) in [5.41, 5.74) is 3.09. The molecule has 1 atom stereocenters. The van der Waals surface area contributed by atoms with Crippen LogP contribution in [0, 0.1) is 12.7 Å². The fraction of sp³-hybridized carbons (Fsp3) is 0.435. The van der Waals surface area contributed by atoms with Crippen LogP contribution in [0.5, 0.6) is 0 Å². The highest BCUT2D eigenvalue weighted by Gasteiger charge is 2.30. The standard InChI is InChI=1S/C23H27ClFN3O/c1-17-5-2-3-7-22(17)27-13-11-26(12-14-27)19-6-4-10-28(16-19)23(29)18-8-9-21(25)20(24)15-18/h2-3,5,7-9,15,19H,4,6,10-14,16H2,1H3/t19-/m1/s1. The molecule has 29 heavy (non-hydrogen) atoms. The van der Waals surface area contributed by atoms with Gasteiger partial charge in [-0.3, -0.25) is 9.69 Å². The second-order valence-electron chi connectivity index (χ2n) is 7.99. The normalized spacial score (nSPS) is 20.7. The molecule has 0 aliphatic carbocycles. The molecule has 6 heteroatoms. The topological polar surface area (TPSA) is 26.8 Å². The number of benzene rings is 2. The summed E-state index contributed by atoms with van der Waals surface area (Å²) in [5.74, 6) is -0.554. The highest BCUT2D eigenvalue weighted by Crippen LogP contribution is 2.24. The van der Waals surface area contributed by atoms with Gasteiger partial charge in [-0.25, -0.2) is 4.39 Å². The molecule has 0 spiro atoms. The van der Waals surface area contributed by atoms with Crippen LogP contribution in [-0.4, -0.2) is 61.0 Å². The fourth-order valence-electron chi connectivity index (χ4n) is 4.50. The third-order valence-electron chi connectivity index (χ3n) is 6.14. The van der Waals surface area contributed by atoms with Gasteiger partial charge in [0, 0.05) is 56.6 Å².